The Bertz CT molecular complexity index is 630. The molecule has 0 radical (unpaired) electrons. The third kappa shape index (κ3) is 2.73. The second-order valence-corrected chi connectivity index (χ2v) is 5.76. The van der Waals surface area contributed by atoms with Crippen molar-refractivity contribution >= 4 is 46.3 Å². The number of carboxylic acid groups (broad SMARTS) is 1. The molecule has 104 valence electrons. The van der Waals surface area contributed by atoms with Crippen molar-refractivity contribution in [3.8, 4) is 0 Å². The SMILES string of the molecule is C[C@H](C(=O)O)N1C(=O)/C(=C\c2ccccc2F)SC1=S. The average molecular weight is 311 g/mol. The van der Waals surface area contributed by atoms with Gasteiger partial charge in [0, 0.05) is 5.56 Å². The van der Waals surface area contributed by atoms with Crippen LogP contribution in [-0.2, 0) is 9.59 Å². The first-order valence-corrected chi connectivity index (χ1v) is 6.88. The van der Waals surface area contributed by atoms with Gasteiger partial charge in [-0.1, -0.05) is 42.2 Å². The van der Waals surface area contributed by atoms with Crippen LogP contribution in [0.2, 0.25) is 0 Å². The Balaban J connectivity index is 2.33. The van der Waals surface area contributed by atoms with Crippen molar-refractivity contribution in [2.75, 3.05) is 0 Å². The molecule has 1 atom stereocenters. The second kappa shape index (κ2) is 5.72. The number of aliphatic carboxylic acids is 1. The highest BCUT2D eigenvalue weighted by Crippen LogP contribution is 2.34. The third-order valence-electron chi connectivity index (χ3n) is 2.76. The number of halogens is 1. The third-order valence-corrected chi connectivity index (χ3v) is 4.09. The summed E-state index contributed by atoms with van der Waals surface area (Å²) in [6, 6.07) is 4.96. The van der Waals surface area contributed by atoms with Crippen molar-refractivity contribution in [3.63, 3.8) is 0 Å². The van der Waals surface area contributed by atoms with Crippen molar-refractivity contribution in [1.29, 1.82) is 0 Å². The number of benzene rings is 1. The molecule has 0 unspecified atom stereocenters. The van der Waals surface area contributed by atoms with Crippen LogP contribution >= 0.6 is 24.0 Å². The highest BCUT2D eigenvalue weighted by Gasteiger charge is 2.38. The fourth-order valence-electron chi connectivity index (χ4n) is 1.66. The molecule has 4 nitrogen and oxygen atoms in total. The first-order chi connectivity index (χ1) is 9.41. The molecule has 1 aliphatic heterocycles. The predicted octanol–water partition coefficient (Wildman–Crippen LogP) is 2.50. The summed E-state index contributed by atoms with van der Waals surface area (Å²) in [6.07, 6.45) is 1.38. The first kappa shape index (κ1) is 14.7. The van der Waals surface area contributed by atoms with Gasteiger partial charge in [0.05, 0.1) is 4.91 Å². The second-order valence-electron chi connectivity index (χ2n) is 4.09. The van der Waals surface area contributed by atoms with Crippen LogP contribution in [0.5, 0.6) is 0 Å². The van der Waals surface area contributed by atoms with E-state index in [2.05, 4.69) is 0 Å². The van der Waals surface area contributed by atoms with Crippen LogP contribution in [0.25, 0.3) is 6.08 Å². The molecular formula is C13H10FNO3S2. The van der Waals surface area contributed by atoms with Crippen LogP contribution in [0.15, 0.2) is 29.2 Å². The summed E-state index contributed by atoms with van der Waals surface area (Å²) in [5.41, 5.74) is 0.260. The van der Waals surface area contributed by atoms with Gasteiger partial charge in [0.15, 0.2) is 0 Å². The molecule has 2 rings (SSSR count). The molecule has 1 heterocycles. The van der Waals surface area contributed by atoms with Crippen LogP contribution < -0.4 is 0 Å². The van der Waals surface area contributed by atoms with Gasteiger partial charge < -0.3 is 5.11 Å². The van der Waals surface area contributed by atoms with E-state index >= 15 is 0 Å². The molecule has 1 fully saturated rings. The fraction of sp³-hybridized carbons (Fsp3) is 0.154. The lowest BCUT2D eigenvalue weighted by Gasteiger charge is -2.18. The summed E-state index contributed by atoms with van der Waals surface area (Å²) < 4.78 is 13.7. The Morgan fingerprint density at radius 1 is 1.50 bits per heavy atom. The Morgan fingerprint density at radius 3 is 2.75 bits per heavy atom. The van der Waals surface area contributed by atoms with Gasteiger partial charge in [-0.05, 0) is 19.1 Å². The zero-order valence-corrected chi connectivity index (χ0v) is 12.0. The molecule has 0 aromatic heterocycles. The van der Waals surface area contributed by atoms with E-state index in [-0.39, 0.29) is 14.8 Å². The van der Waals surface area contributed by atoms with Crippen LogP contribution in [0, 0.1) is 5.82 Å². The molecule has 1 N–H and O–H groups in total. The molecular weight excluding hydrogens is 301 g/mol. The maximum atomic E-state index is 13.5. The van der Waals surface area contributed by atoms with Gasteiger partial charge in [-0.15, -0.1) is 0 Å². The number of thiocarbonyl (C=S) groups is 1. The van der Waals surface area contributed by atoms with Crippen LogP contribution in [0.3, 0.4) is 0 Å². The standard InChI is InChI=1S/C13H10FNO3S2/c1-7(12(17)18)15-11(16)10(20-13(15)19)6-8-4-2-3-5-9(8)14/h2-7H,1H3,(H,17,18)/b10-6+/t7-/m1/s1. The molecule has 0 aliphatic carbocycles. The number of nitrogens with zero attached hydrogens (tertiary/aromatic N) is 1. The summed E-state index contributed by atoms with van der Waals surface area (Å²) in [5, 5.41) is 8.96. The Labute approximate surface area is 124 Å². The first-order valence-electron chi connectivity index (χ1n) is 5.66. The molecule has 1 saturated heterocycles. The molecule has 20 heavy (non-hydrogen) atoms. The number of carbonyl (C=O) groups excluding carboxylic acids is 1. The number of carbonyl (C=O) groups is 2. The maximum Gasteiger partial charge on any atom is 0.326 e. The van der Waals surface area contributed by atoms with Crippen molar-refractivity contribution in [1.82, 2.24) is 4.90 Å². The monoisotopic (exact) mass is 311 g/mol. The zero-order chi connectivity index (χ0) is 14.9. The quantitative estimate of drug-likeness (QED) is 0.686. The van der Waals surface area contributed by atoms with E-state index in [1.165, 1.54) is 25.1 Å². The number of hydrogen-bond acceptors (Lipinski definition) is 4. The minimum absolute atomic E-state index is 0.160. The molecule has 1 aromatic carbocycles. The molecule has 0 saturated carbocycles. The van der Waals surface area contributed by atoms with Crippen molar-refractivity contribution < 1.29 is 19.1 Å². The Hall–Kier alpha value is -1.73. The van der Waals surface area contributed by atoms with Crippen LogP contribution in [0.1, 0.15) is 12.5 Å². The molecule has 1 aliphatic rings. The van der Waals surface area contributed by atoms with Gasteiger partial charge in [0.1, 0.15) is 16.2 Å². The summed E-state index contributed by atoms with van der Waals surface area (Å²) in [7, 11) is 0. The number of rotatable bonds is 3. The topological polar surface area (TPSA) is 57.6 Å². The van der Waals surface area contributed by atoms with E-state index in [4.69, 9.17) is 17.3 Å². The van der Waals surface area contributed by atoms with Gasteiger partial charge in [0.25, 0.3) is 5.91 Å². The summed E-state index contributed by atoms with van der Waals surface area (Å²) in [5.74, 6) is -2.12. The molecule has 0 spiro atoms. The van der Waals surface area contributed by atoms with E-state index in [1.807, 2.05) is 0 Å². The highest BCUT2D eigenvalue weighted by atomic mass is 32.2. The Morgan fingerprint density at radius 2 is 2.15 bits per heavy atom. The van der Waals surface area contributed by atoms with Gasteiger partial charge in [0.2, 0.25) is 0 Å². The number of thioether (sulfide) groups is 1. The predicted molar refractivity (Wildman–Crippen MR) is 78.5 cm³/mol. The van der Waals surface area contributed by atoms with Crippen molar-refractivity contribution in [2.24, 2.45) is 0 Å². The minimum atomic E-state index is -1.14. The molecule has 1 aromatic rings. The smallest absolute Gasteiger partial charge is 0.326 e. The number of hydrogen-bond donors (Lipinski definition) is 1. The van der Waals surface area contributed by atoms with E-state index in [9.17, 15) is 14.0 Å². The summed E-state index contributed by atoms with van der Waals surface area (Å²) >= 11 is 5.98. The summed E-state index contributed by atoms with van der Waals surface area (Å²) in [6.45, 7) is 1.37. The Kier molecular flexibility index (Phi) is 4.20. The van der Waals surface area contributed by atoms with E-state index < -0.39 is 23.7 Å². The van der Waals surface area contributed by atoms with Crippen LogP contribution in [0.4, 0.5) is 4.39 Å². The van der Waals surface area contributed by atoms with E-state index in [0.29, 0.717) is 0 Å². The lowest BCUT2D eigenvalue weighted by Crippen LogP contribution is -2.41. The fourth-order valence-corrected chi connectivity index (χ4v) is 3.07. The highest BCUT2D eigenvalue weighted by molar-refractivity contribution is 8.26. The number of amides is 1. The van der Waals surface area contributed by atoms with Gasteiger partial charge in [-0.2, -0.15) is 0 Å². The molecule has 0 bridgehead atoms. The van der Waals surface area contributed by atoms with Crippen molar-refractivity contribution in [3.05, 3.63) is 40.6 Å². The largest absolute Gasteiger partial charge is 0.480 e. The van der Waals surface area contributed by atoms with E-state index in [1.54, 1.807) is 12.1 Å². The normalized spacial score (nSPS) is 18.7. The lowest BCUT2D eigenvalue weighted by atomic mass is 10.2. The minimum Gasteiger partial charge on any atom is -0.480 e. The van der Waals surface area contributed by atoms with Gasteiger partial charge >= 0.3 is 5.97 Å². The van der Waals surface area contributed by atoms with Crippen LogP contribution in [-0.4, -0.2) is 32.2 Å². The number of carboxylic acids is 1. The molecule has 1 amide bonds. The summed E-state index contributed by atoms with van der Waals surface area (Å²) in [4.78, 5) is 24.3. The van der Waals surface area contributed by atoms with Crippen molar-refractivity contribution in [2.45, 2.75) is 13.0 Å². The zero-order valence-electron chi connectivity index (χ0n) is 10.4. The van der Waals surface area contributed by atoms with E-state index in [0.717, 1.165) is 16.7 Å². The maximum absolute atomic E-state index is 13.5. The van der Waals surface area contributed by atoms with Gasteiger partial charge in [-0.25, -0.2) is 9.18 Å². The average Bonchev–Trinajstić information content (AvgIpc) is 2.66. The van der Waals surface area contributed by atoms with Gasteiger partial charge in [-0.3, -0.25) is 9.69 Å². The lowest BCUT2D eigenvalue weighted by molar-refractivity contribution is -0.144. The molecule has 7 heteroatoms.